The number of hydrogen-bond acceptors (Lipinski definition) is 4. The molecule has 2 saturated heterocycles. The molecule has 0 N–H and O–H groups in total. The first-order chi connectivity index (χ1) is 9.43. The monoisotopic (exact) mass is 304 g/mol. The van der Waals surface area contributed by atoms with E-state index in [1.54, 1.807) is 4.90 Å². The van der Waals surface area contributed by atoms with Gasteiger partial charge in [-0.25, -0.2) is 8.42 Å². The summed E-state index contributed by atoms with van der Waals surface area (Å²) < 4.78 is 30.2. The molecule has 2 fully saturated rings. The van der Waals surface area contributed by atoms with Gasteiger partial charge in [0.25, 0.3) is 0 Å². The summed E-state index contributed by atoms with van der Waals surface area (Å²) in [5.74, 6) is 0.328. The summed E-state index contributed by atoms with van der Waals surface area (Å²) in [7, 11) is -3.30. The van der Waals surface area contributed by atoms with Crippen LogP contribution in [0.1, 0.15) is 26.2 Å². The molecule has 2 aliphatic heterocycles. The van der Waals surface area contributed by atoms with Gasteiger partial charge in [0.05, 0.1) is 12.9 Å². The van der Waals surface area contributed by atoms with Gasteiger partial charge in [-0.1, -0.05) is 0 Å². The molecule has 0 aromatic carbocycles. The summed E-state index contributed by atoms with van der Waals surface area (Å²) in [6.07, 6.45) is 3.54. The largest absolute Gasteiger partial charge is 0.381 e. The molecule has 0 radical (unpaired) electrons. The lowest BCUT2D eigenvalue weighted by Crippen LogP contribution is -2.48. The average molecular weight is 304 g/mol. The van der Waals surface area contributed by atoms with Crippen LogP contribution in [-0.4, -0.2) is 68.7 Å². The van der Waals surface area contributed by atoms with Gasteiger partial charge in [-0.15, -0.1) is 0 Å². The lowest BCUT2D eigenvalue weighted by atomic mass is 10.1. The van der Waals surface area contributed by atoms with Crippen molar-refractivity contribution < 1.29 is 17.9 Å². The van der Waals surface area contributed by atoms with Crippen LogP contribution in [0.4, 0.5) is 0 Å². The molecule has 0 unspecified atom stereocenters. The number of carbonyl (C=O) groups is 1. The number of carbonyl (C=O) groups excluding carboxylic acids is 1. The fourth-order valence-electron chi connectivity index (χ4n) is 3.01. The fraction of sp³-hybridized carbons (Fsp3) is 0.923. The van der Waals surface area contributed by atoms with E-state index in [2.05, 4.69) is 0 Å². The zero-order chi connectivity index (χ0) is 14.8. The normalized spacial score (nSPS) is 27.9. The quantitative estimate of drug-likeness (QED) is 0.732. The molecule has 0 aliphatic carbocycles. The van der Waals surface area contributed by atoms with Crippen molar-refractivity contribution >= 4 is 15.9 Å². The number of hydrogen-bond donors (Lipinski definition) is 0. The highest BCUT2D eigenvalue weighted by molar-refractivity contribution is 7.88. The predicted octanol–water partition coefficient (Wildman–Crippen LogP) is 0.295. The van der Waals surface area contributed by atoms with Crippen molar-refractivity contribution in [3.05, 3.63) is 0 Å². The van der Waals surface area contributed by atoms with E-state index in [0.717, 1.165) is 19.4 Å². The van der Waals surface area contributed by atoms with E-state index >= 15 is 0 Å². The van der Waals surface area contributed by atoms with Crippen molar-refractivity contribution in [1.82, 2.24) is 9.21 Å². The third-order valence-corrected chi connectivity index (χ3v) is 5.40. The van der Waals surface area contributed by atoms with Crippen LogP contribution >= 0.6 is 0 Å². The number of rotatable bonds is 5. The standard InChI is InChI=1S/C13H24N2O4S/c1-3-14(9-11-6-8-19-10-11)13(16)12-5-4-7-15(12)20(2,17)18/h11-12H,3-10H2,1-2H3/t11-,12+/m1/s1. The Balaban J connectivity index is 2.03. The Hall–Kier alpha value is -0.660. The maximum absolute atomic E-state index is 12.6. The molecule has 0 saturated carbocycles. The number of ether oxygens (including phenoxy) is 1. The molecular formula is C13H24N2O4S. The van der Waals surface area contributed by atoms with Gasteiger partial charge in [0, 0.05) is 32.2 Å². The minimum Gasteiger partial charge on any atom is -0.381 e. The van der Waals surface area contributed by atoms with Crippen molar-refractivity contribution in [2.24, 2.45) is 5.92 Å². The van der Waals surface area contributed by atoms with Crippen molar-refractivity contribution in [3.8, 4) is 0 Å². The number of nitrogens with zero attached hydrogens (tertiary/aromatic N) is 2. The Bertz CT molecular complexity index is 445. The van der Waals surface area contributed by atoms with Gasteiger partial charge in [0.2, 0.25) is 15.9 Å². The van der Waals surface area contributed by atoms with E-state index in [4.69, 9.17) is 4.74 Å². The first kappa shape index (κ1) is 15.7. The summed E-state index contributed by atoms with van der Waals surface area (Å²) in [4.78, 5) is 14.4. The van der Waals surface area contributed by atoms with Crippen molar-refractivity contribution in [1.29, 1.82) is 0 Å². The molecule has 0 aromatic rings. The van der Waals surface area contributed by atoms with Crippen molar-refractivity contribution in [2.75, 3.05) is 39.1 Å². The average Bonchev–Trinajstić information content (AvgIpc) is 3.05. The molecule has 1 amide bonds. The lowest BCUT2D eigenvalue weighted by molar-refractivity contribution is -0.135. The topological polar surface area (TPSA) is 66.9 Å². The van der Waals surface area contributed by atoms with Gasteiger partial charge in [-0.3, -0.25) is 4.79 Å². The Labute approximate surface area is 121 Å². The maximum Gasteiger partial charge on any atom is 0.241 e. The summed E-state index contributed by atoms with van der Waals surface area (Å²) in [6.45, 7) is 5.14. The molecule has 2 atom stereocenters. The van der Waals surface area contributed by atoms with Gasteiger partial charge in [0.1, 0.15) is 6.04 Å². The zero-order valence-corrected chi connectivity index (χ0v) is 13.1. The number of amides is 1. The maximum atomic E-state index is 12.6. The first-order valence-electron chi connectivity index (χ1n) is 7.26. The highest BCUT2D eigenvalue weighted by atomic mass is 32.2. The molecule has 6 nitrogen and oxygen atoms in total. The van der Waals surface area contributed by atoms with Crippen molar-refractivity contribution in [3.63, 3.8) is 0 Å². The molecule has 2 rings (SSSR count). The Morgan fingerprint density at radius 1 is 1.40 bits per heavy atom. The van der Waals surface area contributed by atoms with Gasteiger partial charge in [0.15, 0.2) is 0 Å². The molecule has 116 valence electrons. The highest BCUT2D eigenvalue weighted by Gasteiger charge is 2.38. The fourth-order valence-corrected chi connectivity index (χ4v) is 4.13. The molecule has 0 spiro atoms. The molecular weight excluding hydrogens is 280 g/mol. The first-order valence-corrected chi connectivity index (χ1v) is 9.11. The number of sulfonamides is 1. The van der Waals surface area contributed by atoms with E-state index in [0.29, 0.717) is 38.6 Å². The van der Waals surface area contributed by atoms with Gasteiger partial charge in [-0.2, -0.15) is 4.31 Å². The second-order valence-corrected chi connectivity index (χ2v) is 7.57. The summed E-state index contributed by atoms with van der Waals surface area (Å²) in [5, 5.41) is 0. The molecule has 20 heavy (non-hydrogen) atoms. The van der Waals surface area contributed by atoms with E-state index < -0.39 is 16.1 Å². The van der Waals surface area contributed by atoms with Crippen LogP contribution in [0.5, 0.6) is 0 Å². The van der Waals surface area contributed by atoms with Gasteiger partial charge in [-0.05, 0) is 26.2 Å². The van der Waals surface area contributed by atoms with Crippen LogP contribution in [0.3, 0.4) is 0 Å². The lowest BCUT2D eigenvalue weighted by Gasteiger charge is -2.29. The molecule has 7 heteroatoms. The predicted molar refractivity (Wildman–Crippen MR) is 75.8 cm³/mol. The van der Waals surface area contributed by atoms with Crippen LogP contribution < -0.4 is 0 Å². The van der Waals surface area contributed by atoms with E-state index in [9.17, 15) is 13.2 Å². The van der Waals surface area contributed by atoms with E-state index in [-0.39, 0.29) is 5.91 Å². The Morgan fingerprint density at radius 2 is 2.15 bits per heavy atom. The summed E-state index contributed by atoms with van der Waals surface area (Å²) in [6, 6.07) is -0.507. The molecule has 0 aromatic heterocycles. The van der Waals surface area contributed by atoms with Crippen LogP contribution in [0.25, 0.3) is 0 Å². The zero-order valence-electron chi connectivity index (χ0n) is 12.2. The third kappa shape index (κ3) is 3.51. The minimum atomic E-state index is -3.30. The molecule has 2 aliphatic rings. The second kappa shape index (κ2) is 6.41. The van der Waals surface area contributed by atoms with Gasteiger partial charge >= 0.3 is 0 Å². The second-order valence-electron chi connectivity index (χ2n) is 5.64. The Morgan fingerprint density at radius 3 is 2.70 bits per heavy atom. The summed E-state index contributed by atoms with van der Waals surface area (Å²) in [5.41, 5.74) is 0. The minimum absolute atomic E-state index is 0.0534. The van der Waals surface area contributed by atoms with Crippen LogP contribution in [-0.2, 0) is 19.6 Å². The number of likely N-dealkylation sites (N-methyl/N-ethyl adjacent to an activating group) is 1. The third-order valence-electron chi connectivity index (χ3n) is 4.11. The SMILES string of the molecule is CCN(C[C@H]1CCOC1)C(=O)[C@@H]1CCCN1S(C)(=O)=O. The van der Waals surface area contributed by atoms with Crippen molar-refractivity contribution in [2.45, 2.75) is 32.2 Å². The van der Waals surface area contributed by atoms with E-state index in [1.807, 2.05) is 6.92 Å². The smallest absolute Gasteiger partial charge is 0.241 e. The Kier molecular flexibility index (Phi) is 5.04. The molecule has 0 bridgehead atoms. The van der Waals surface area contributed by atoms with Crippen LogP contribution in [0.2, 0.25) is 0 Å². The summed E-state index contributed by atoms with van der Waals surface area (Å²) >= 11 is 0. The van der Waals surface area contributed by atoms with Crippen LogP contribution in [0, 0.1) is 5.92 Å². The van der Waals surface area contributed by atoms with E-state index in [1.165, 1.54) is 10.6 Å². The molecule has 2 heterocycles. The highest BCUT2D eigenvalue weighted by Crippen LogP contribution is 2.23. The van der Waals surface area contributed by atoms with Crippen LogP contribution in [0.15, 0.2) is 0 Å². The van der Waals surface area contributed by atoms with Gasteiger partial charge < -0.3 is 9.64 Å².